The molecule has 25 heavy (non-hydrogen) atoms. The molecule has 5 nitrogen and oxygen atoms in total. The number of aliphatic hydroxyl groups excluding tert-OH is 1. The van der Waals surface area contributed by atoms with Gasteiger partial charge in [0.2, 0.25) is 5.91 Å². The Morgan fingerprint density at radius 1 is 1.40 bits per heavy atom. The summed E-state index contributed by atoms with van der Waals surface area (Å²) in [6.45, 7) is 8.67. The minimum absolute atomic E-state index is 0.133. The fourth-order valence-corrected chi connectivity index (χ4v) is 3.42. The van der Waals surface area contributed by atoms with Crippen LogP contribution in [0, 0.1) is 13.8 Å². The summed E-state index contributed by atoms with van der Waals surface area (Å²) in [7, 11) is 0. The summed E-state index contributed by atoms with van der Waals surface area (Å²) in [5, 5.41) is 13.4. The number of amides is 1. The number of nitrogens with zero attached hydrogens (tertiary/aromatic N) is 1. The van der Waals surface area contributed by atoms with Crippen LogP contribution in [-0.4, -0.2) is 54.3 Å². The normalized spacial score (nSPS) is 19.4. The van der Waals surface area contributed by atoms with E-state index in [9.17, 15) is 9.90 Å². The number of piperidine rings is 1. The summed E-state index contributed by atoms with van der Waals surface area (Å²) in [5.74, 6) is 0.998. The summed E-state index contributed by atoms with van der Waals surface area (Å²) in [6, 6.07) is 6.24. The van der Waals surface area contributed by atoms with Gasteiger partial charge in [0.15, 0.2) is 0 Å². The van der Waals surface area contributed by atoms with Gasteiger partial charge in [-0.05, 0) is 50.8 Å². The molecular formula is C20H32N2O3. The van der Waals surface area contributed by atoms with E-state index < -0.39 is 6.10 Å². The number of benzene rings is 1. The molecule has 1 amide bonds. The third-order valence-corrected chi connectivity index (χ3v) is 4.65. The lowest BCUT2D eigenvalue weighted by Gasteiger charge is -2.34. The first kappa shape index (κ1) is 19.7. The Bertz CT molecular complexity index is 542. The van der Waals surface area contributed by atoms with Gasteiger partial charge in [-0.1, -0.05) is 25.1 Å². The molecule has 0 spiro atoms. The molecule has 2 N–H and O–H groups in total. The van der Waals surface area contributed by atoms with Crippen LogP contribution in [0.5, 0.6) is 5.75 Å². The van der Waals surface area contributed by atoms with Crippen molar-refractivity contribution in [3.05, 3.63) is 29.3 Å². The molecule has 0 radical (unpaired) electrons. The summed E-state index contributed by atoms with van der Waals surface area (Å²) in [5.41, 5.74) is 2.17. The molecule has 1 heterocycles. The molecule has 0 aliphatic carbocycles. The van der Waals surface area contributed by atoms with Crippen molar-refractivity contribution in [1.29, 1.82) is 0 Å². The van der Waals surface area contributed by atoms with Gasteiger partial charge < -0.3 is 15.2 Å². The number of aliphatic hydroxyl groups is 1. The maximum absolute atomic E-state index is 11.8. The number of para-hydroxylation sites is 1. The predicted molar refractivity (Wildman–Crippen MR) is 99.9 cm³/mol. The molecule has 0 aromatic heterocycles. The van der Waals surface area contributed by atoms with Crippen LogP contribution in [0.2, 0.25) is 0 Å². The Hall–Kier alpha value is -1.59. The lowest BCUT2D eigenvalue weighted by Crippen LogP contribution is -2.50. The van der Waals surface area contributed by atoms with Crippen LogP contribution in [0.1, 0.15) is 43.7 Å². The third kappa shape index (κ3) is 6.33. The highest BCUT2D eigenvalue weighted by molar-refractivity contribution is 5.76. The number of carbonyl (C=O) groups is 1. The Kier molecular flexibility index (Phi) is 7.72. The molecular weight excluding hydrogens is 316 g/mol. The summed E-state index contributed by atoms with van der Waals surface area (Å²) in [4.78, 5) is 14.0. The van der Waals surface area contributed by atoms with Crippen LogP contribution in [0.15, 0.2) is 18.2 Å². The van der Waals surface area contributed by atoms with Crippen LogP contribution in [0.3, 0.4) is 0 Å². The van der Waals surface area contributed by atoms with Crippen molar-refractivity contribution in [1.82, 2.24) is 10.2 Å². The van der Waals surface area contributed by atoms with Crippen LogP contribution >= 0.6 is 0 Å². The maximum atomic E-state index is 11.8. The van der Waals surface area contributed by atoms with Crippen molar-refractivity contribution in [2.75, 3.05) is 26.2 Å². The maximum Gasteiger partial charge on any atom is 0.220 e. The van der Waals surface area contributed by atoms with Gasteiger partial charge in [0, 0.05) is 25.6 Å². The van der Waals surface area contributed by atoms with Crippen LogP contribution in [0.4, 0.5) is 0 Å². The molecule has 1 aromatic carbocycles. The SMILES string of the molecule is CCCC(=O)NC1CCCN(CC(O)COc2c(C)cccc2C)C1. The van der Waals surface area contributed by atoms with Crippen LogP contribution in [-0.2, 0) is 4.79 Å². The van der Waals surface area contributed by atoms with E-state index >= 15 is 0 Å². The fraction of sp³-hybridized carbons (Fsp3) is 0.650. The lowest BCUT2D eigenvalue weighted by atomic mass is 10.0. The molecule has 1 aliphatic rings. The van der Waals surface area contributed by atoms with Gasteiger partial charge in [0.1, 0.15) is 18.5 Å². The number of likely N-dealkylation sites (tertiary alicyclic amines) is 1. The number of hydrogen-bond donors (Lipinski definition) is 2. The lowest BCUT2D eigenvalue weighted by molar-refractivity contribution is -0.122. The van der Waals surface area contributed by atoms with E-state index in [4.69, 9.17) is 4.74 Å². The first-order valence-corrected chi connectivity index (χ1v) is 9.38. The average Bonchev–Trinajstić information content (AvgIpc) is 2.55. The van der Waals surface area contributed by atoms with Gasteiger partial charge in [-0.3, -0.25) is 9.69 Å². The zero-order chi connectivity index (χ0) is 18.2. The fourth-order valence-electron chi connectivity index (χ4n) is 3.42. The van der Waals surface area contributed by atoms with Crippen molar-refractivity contribution < 1.29 is 14.6 Å². The van der Waals surface area contributed by atoms with Gasteiger partial charge in [0.25, 0.3) is 0 Å². The van der Waals surface area contributed by atoms with Gasteiger partial charge in [0.05, 0.1) is 0 Å². The highest BCUT2D eigenvalue weighted by atomic mass is 16.5. The van der Waals surface area contributed by atoms with Gasteiger partial charge in [-0.15, -0.1) is 0 Å². The quantitative estimate of drug-likeness (QED) is 0.757. The zero-order valence-electron chi connectivity index (χ0n) is 15.8. The second-order valence-corrected chi connectivity index (χ2v) is 7.10. The van der Waals surface area contributed by atoms with Crippen molar-refractivity contribution >= 4 is 5.91 Å². The second-order valence-electron chi connectivity index (χ2n) is 7.10. The number of carbonyl (C=O) groups excluding carboxylic acids is 1. The smallest absolute Gasteiger partial charge is 0.220 e. The van der Waals surface area contributed by atoms with Crippen LogP contribution in [0.25, 0.3) is 0 Å². The second kappa shape index (κ2) is 9.78. The number of ether oxygens (including phenoxy) is 1. The summed E-state index contributed by atoms with van der Waals surface area (Å²) < 4.78 is 5.85. The molecule has 2 atom stereocenters. The number of hydrogen-bond acceptors (Lipinski definition) is 4. The minimum Gasteiger partial charge on any atom is -0.490 e. The predicted octanol–water partition coefficient (Wildman–Crippen LogP) is 2.42. The van der Waals surface area contributed by atoms with Crippen molar-refractivity contribution in [2.24, 2.45) is 0 Å². The Labute approximate surface area is 151 Å². The third-order valence-electron chi connectivity index (χ3n) is 4.65. The molecule has 5 heteroatoms. The van der Waals surface area contributed by atoms with E-state index in [2.05, 4.69) is 10.2 Å². The molecule has 1 aromatic rings. The van der Waals surface area contributed by atoms with E-state index in [1.807, 2.05) is 39.0 Å². The average molecular weight is 348 g/mol. The highest BCUT2D eigenvalue weighted by Crippen LogP contribution is 2.22. The van der Waals surface area contributed by atoms with Crippen molar-refractivity contribution in [3.63, 3.8) is 0 Å². The summed E-state index contributed by atoms with van der Waals surface area (Å²) >= 11 is 0. The molecule has 1 aliphatic heterocycles. The number of β-amino-alcohol motifs (C(OH)–C–C–N with tert-alkyl or cyclic N) is 1. The van der Waals surface area contributed by atoms with Gasteiger partial charge in [-0.25, -0.2) is 0 Å². The number of rotatable bonds is 8. The minimum atomic E-state index is -0.538. The van der Waals surface area contributed by atoms with E-state index in [1.165, 1.54) is 0 Å². The Morgan fingerprint density at radius 2 is 2.12 bits per heavy atom. The molecule has 0 saturated carbocycles. The van der Waals surface area contributed by atoms with Crippen molar-refractivity contribution in [2.45, 2.75) is 58.6 Å². The molecule has 1 fully saturated rings. The standard InChI is InChI=1S/C20H32N2O3/c1-4-7-19(24)21-17-10-6-11-22(12-17)13-18(23)14-25-20-15(2)8-5-9-16(20)3/h5,8-9,17-18,23H,4,6-7,10-14H2,1-3H3,(H,21,24). The van der Waals surface area contributed by atoms with E-state index in [0.717, 1.165) is 49.2 Å². The zero-order valence-corrected chi connectivity index (χ0v) is 15.8. The molecule has 2 unspecified atom stereocenters. The Balaban J connectivity index is 1.78. The number of nitrogens with one attached hydrogen (secondary N) is 1. The number of aryl methyl sites for hydroxylation is 2. The first-order chi connectivity index (χ1) is 12.0. The van der Waals surface area contributed by atoms with E-state index in [-0.39, 0.29) is 18.6 Å². The largest absolute Gasteiger partial charge is 0.490 e. The van der Waals surface area contributed by atoms with Gasteiger partial charge in [-0.2, -0.15) is 0 Å². The Morgan fingerprint density at radius 3 is 2.80 bits per heavy atom. The first-order valence-electron chi connectivity index (χ1n) is 9.38. The van der Waals surface area contributed by atoms with E-state index in [1.54, 1.807) is 0 Å². The van der Waals surface area contributed by atoms with Crippen LogP contribution < -0.4 is 10.1 Å². The molecule has 0 bridgehead atoms. The molecule has 2 rings (SSSR count). The van der Waals surface area contributed by atoms with Gasteiger partial charge >= 0.3 is 0 Å². The highest BCUT2D eigenvalue weighted by Gasteiger charge is 2.23. The van der Waals surface area contributed by atoms with Crippen molar-refractivity contribution in [3.8, 4) is 5.75 Å². The van der Waals surface area contributed by atoms with E-state index in [0.29, 0.717) is 13.0 Å². The molecule has 1 saturated heterocycles. The topological polar surface area (TPSA) is 61.8 Å². The monoisotopic (exact) mass is 348 g/mol. The molecule has 140 valence electrons. The summed E-state index contributed by atoms with van der Waals surface area (Å²) in [6.07, 6.45) is 2.98.